The van der Waals surface area contributed by atoms with Gasteiger partial charge in [-0.15, -0.1) is 0 Å². The lowest BCUT2D eigenvalue weighted by Gasteiger charge is -2.28. The summed E-state index contributed by atoms with van der Waals surface area (Å²) >= 11 is 0. The Labute approximate surface area is 97.1 Å². The van der Waals surface area contributed by atoms with Crippen molar-refractivity contribution in [2.45, 2.75) is 33.1 Å². The molecule has 0 fully saturated rings. The summed E-state index contributed by atoms with van der Waals surface area (Å²) in [5.41, 5.74) is 6.42. The number of pyridine rings is 1. The lowest BCUT2D eigenvalue weighted by Crippen LogP contribution is -2.38. The minimum atomic E-state index is -0.344. The highest BCUT2D eigenvalue weighted by Crippen LogP contribution is 2.27. The van der Waals surface area contributed by atoms with E-state index in [4.69, 9.17) is 5.73 Å². The molecule has 1 aromatic rings. The largest absolute Gasteiger partial charge is 0.329 e. The minimum absolute atomic E-state index is 0.242. The Hall–Kier alpha value is -1.22. The zero-order valence-electron chi connectivity index (χ0n) is 10.1. The SMILES string of the molecule is CCC(CC)(CN)C(=O)Cc1ccncc1. The second-order valence-corrected chi connectivity index (χ2v) is 4.15. The molecule has 3 nitrogen and oxygen atoms in total. The van der Waals surface area contributed by atoms with Crippen molar-refractivity contribution in [2.75, 3.05) is 6.54 Å². The van der Waals surface area contributed by atoms with E-state index in [1.807, 2.05) is 26.0 Å². The molecule has 0 amide bonds. The van der Waals surface area contributed by atoms with Crippen LogP contribution in [0.25, 0.3) is 0 Å². The van der Waals surface area contributed by atoms with Gasteiger partial charge in [0, 0.05) is 30.8 Å². The van der Waals surface area contributed by atoms with Gasteiger partial charge in [0.15, 0.2) is 0 Å². The number of rotatable bonds is 6. The molecule has 0 aliphatic carbocycles. The van der Waals surface area contributed by atoms with Crippen molar-refractivity contribution in [1.82, 2.24) is 4.98 Å². The fourth-order valence-electron chi connectivity index (χ4n) is 1.92. The quantitative estimate of drug-likeness (QED) is 0.797. The molecule has 16 heavy (non-hydrogen) atoms. The van der Waals surface area contributed by atoms with Gasteiger partial charge in [-0.3, -0.25) is 9.78 Å². The van der Waals surface area contributed by atoms with Crippen LogP contribution in [0.4, 0.5) is 0 Å². The number of nitrogens with two attached hydrogens (primary N) is 1. The third-order valence-electron chi connectivity index (χ3n) is 3.45. The first-order valence-electron chi connectivity index (χ1n) is 5.80. The Morgan fingerprint density at radius 1 is 1.31 bits per heavy atom. The van der Waals surface area contributed by atoms with Crippen LogP contribution in [0.1, 0.15) is 32.3 Å². The van der Waals surface area contributed by atoms with E-state index in [0.29, 0.717) is 13.0 Å². The molecule has 1 aromatic heterocycles. The second kappa shape index (κ2) is 5.75. The predicted octanol–water partition coefficient (Wildman–Crippen LogP) is 1.96. The molecular weight excluding hydrogens is 200 g/mol. The first-order valence-corrected chi connectivity index (χ1v) is 5.80. The standard InChI is InChI=1S/C13H20N2O/c1-3-13(4-2,10-14)12(16)9-11-5-7-15-8-6-11/h5-8H,3-4,9-10,14H2,1-2H3. The highest BCUT2D eigenvalue weighted by Gasteiger charge is 2.32. The molecule has 0 unspecified atom stereocenters. The van der Waals surface area contributed by atoms with Crippen LogP contribution in [0.3, 0.4) is 0 Å². The first kappa shape index (κ1) is 12.8. The number of nitrogens with zero attached hydrogens (tertiary/aromatic N) is 1. The van der Waals surface area contributed by atoms with Crippen molar-refractivity contribution in [2.24, 2.45) is 11.1 Å². The van der Waals surface area contributed by atoms with Crippen LogP contribution in [0.15, 0.2) is 24.5 Å². The van der Waals surface area contributed by atoms with Crippen molar-refractivity contribution in [3.63, 3.8) is 0 Å². The van der Waals surface area contributed by atoms with Crippen LogP contribution in [0.5, 0.6) is 0 Å². The fourth-order valence-corrected chi connectivity index (χ4v) is 1.92. The topological polar surface area (TPSA) is 56.0 Å². The monoisotopic (exact) mass is 220 g/mol. The first-order chi connectivity index (χ1) is 7.68. The number of carbonyl (C=O) groups is 1. The van der Waals surface area contributed by atoms with Crippen molar-refractivity contribution < 1.29 is 4.79 Å². The normalized spacial score (nSPS) is 11.4. The van der Waals surface area contributed by atoms with Crippen molar-refractivity contribution >= 4 is 5.78 Å². The van der Waals surface area contributed by atoms with Crippen LogP contribution < -0.4 is 5.73 Å². The van der Waals surface area contributed by atoms with Gasteiger partial charge in [0.1, 0.15) is 5.78 Å². The molecule has 0 bridgehead atoms. The van der Waals surface area contributed by atoms with Crippen LogP contribution in [0.2, 0.25) is 0 Å². The molecule has 88 valence electrons. The van der Waals surface area contributed by atoms with Gasteiger partial charge >= 0.3 is 0 Å². The van der Waals surface area contributed by atoms with Gasteiger partial charge in [-0.2, -0.15) is 0 Å². The van der Waals surface area contributed by atoms with E-state index in [0.717, 1.165) is 18.4 Å². The molecule has 0 atom stereocenters. The molecule has 3 heteroatoms. The van der Waals surface area contributed by atoms with Gasteiger partial charge in [-0.25, -0.2) is 0 Å². The number of ketones is 1. The Balaban J connectivity index is 2.78. The smallest absolute Gasteiger partial charge is 0.144 e. The second-order valence-electron chi connectivity index (χ2n) is 4.15. The van der Waals surface area contributed by atoms with E-state index >= 15 is 0 Å². The van der Waals surface area contributed by atoms with Gasteiger partial charge in [-0.1, -0.05) is 13.8 Å². The number of aromatic nitrogens is 1. The molecule has 1 rings (SSSR count). The molecule has 1 heterocycles. The number of hydrogen-bond donors (Lipinski definition) is 1. The van der Waals surface area contributed by atoms with Crippen LogP contribution in [-0.4, -0.2) is 17.3 Å². The van der Waals surface area contributed by atoms with Gasteiger partial charge < -0.3 is 5.73 Å². The van der Waals surface area contributed by atoms with Crippen LogP contribution >= 0.6 is 0 Å². The summed E-state index contributed by atoms with van der Waals surface area (Å²) in [6.45, 7) is 4.49. The number of hydrogen-bond acceptors (Lipinski definition) is 3. The molecular formula is C13H20N2O. The molecule has 0 aliphatic heterocycles. The zero-order chi connectivity index (χ0) is 12.0. The van der Waals surface area contributed by atoms with Gasteiger partial charge in [-0.05, 0) is 30.5 Å². The maximum absolute atomic E-state index is 12.2. The van der Waals surface area contributed by atoms with Crippen molar-refractivity contribution in [1.29, 1.82) is 0 Å². The van der Waals surface area contributed by atoms with Crippen molar-refractivity contribution in [3.8, 4) is 0 Å². The lowest BCUT2D eigenvalue weighted by atomic mass is 9.76. The van der Waals surface area contributed by atoms with E-state index in [1.54, 1.807) is 12.4 Å². The molecule has 0 spiro atoms. The predicted molar refractivity (Wildman–Crippen MR) is 65.0 cm³/mol. The summed E-state index contributed by atoms with van der Waals surface area (Å²) in [6.07, 6.45) is 5.50. The Morgan fingerprint density at radius 2 is 1.88 bits per heavy atom. The molecule has 0 saturated carbocycles. The highest BCUT2D eigenvalue weighted by molar-refractivity contribution is 5.87. The van der Waals surface area contributed by atoms with Crippen molar-refractivity contribution in [3.05, 3.63) is 30.1 Å². The average molecular weight is 220 g/mol. The molecule has 0 aliphatic rings. The summed E-state index contributed by atoms with van der Waals surface area (Å²) in [5, 5.41) is 0. The van der Waals surface area contributed by atoms with Gasteiger partial charge in [0.25, 0.3) is 0 Å². The van der Waals surface area contributed by atoms with E-state index in [9.17, 15) is 4.79 Å². The Bertz CT molecular complexity index is 323. The van der Waals surface area contributed by atoms with Gasteiger partial charge in [0.05, 0.1) is 0 Å². The number of carbonyl (C=O) groups excluding carboxylic acids is 1. The van der Waals surface area contributed by atoms with E-state index < -0.39 is 0 Å². The molecule has 0 saturated heterocycles. The maximum Gasteiger partial charge on any atom is 0.144 e. The average Bonchev–Trinajstić information content (AvgIpc) is 2.33. The Kier molecular flexibility index (Phi) is 4.62. The molecule has 0 aromatic carbocycles. The highest BCUT2D eigenvalue weighted by atomic mass is 16.1. The van der Waals surface area contributed by atoms with Crippen LogP contribution in [0, 0.1) is 5.41 Å². The zero-order valence-corrected chi connectivity index (χ0v) is 10.1. The maximum atomic E-state index is 12.2. The Morgan fingerprint density at radius 3 is 2.31 bits per heavy atom. The summed E-state index contributed by atoms with van der Waals surface area (Å²) in [6, 6.07) is 3.76. The molecule has 2 N–H and O–H groups in total. The summed E-state index contributed by atoms with van der Waals surface area (Å²) in [7, 11) is 0. The third-order valence-corrected chi connectivity index (χ3v) is 3.45. The third kappa shape index (κ3) is 2.67. The summed E-state index contributed by atoms with van der Waals surface area (Å²) < 4.78 is 0. The molecule has 0 radical (unpaired) electrons. The minimum Gasteiger partial charge on any atom is -0.329 e. The van der Waals surface area contributed by atoms with Gasteiger partial charge in [0.2, 0.25) is 0 Å². The number of Topliss-reactive ketones (excluding diaryl/α,β-unsaturated/α-hetero) is 1. The summed E-state index contributed by atoms with van der Waals surface area (Å²) in [4.78, 5) is 16.2. The van der Waals surface area contributed by atoms with E-state index in [-0.39, 0.29) is 11.2 Å². The lowest BCUT2D eigenvalue weighted by molar-refractivity contribution is -0.128. The van der Waals surface area contributed by atoms with Crippen LogP contribution in [-0.2, 0) is 11.2 Å². The summed E-state index contributed by atoms with van der Waals surface area (Å²) in [5.74, 6) is 0.242. The fraction of sp³-hybridized carbons (Fsp3) is 0.538. The van der Waals surface area contributed by atoms with E-state index in [2.05, 4.69) is 4.98 Å². The van der Waals surface area contributed by atoms with E-state index in [1.165, 1.54) is 0 Å².